The van der Waals surface area contributed by atoms with Crippen molar-refractivity contribution in [2.24, 2.45) is 0 Å². The number of hydrogen-bond donors (Lipinski definition) is 1. The normalized spacial score (nSPS) is 26.2. The summed E-state index contributed by atoms with van der Waals surface area (Å²) in [4.78, 5) is 0. The summed E-state index contributed by atoms with van der Waals surface area (Å²) in [5.41, 5.74) is 3.12. The van der Waals surface area contributed by atoms with Gasteiger partial charge >= 0.3 is 0 Å². The Morgan fingerprint density at radius 3 is 2.08 bits per heavy atom. The summed E-state index contributed by atoms with van der Waals surface area (Å²) in [6.07, 6.45) is 6.72. The van der Waals surface area contributed by atoms with E-state index in [2.05, 4.69) is 13.8 Å². The highest BCUT2D eigenvalue weighted by Crippen LogP contribution is 2.24. The fourth-order valence-electron chi connectivity index (χ4n) is 1.87. The number of allylic oxidation sites excluding steroid dienone is 2. The summed E-state index contributed by atoms with van der Waals surface area (Å²) in [7, 11) is 0. The van der Waals surface area contributed by atoms with Crippen LogP contribution in [0.1, 0.15) is 52.4 Å². The fraction of sp³-hybridized carbons (Fsp3) is 0.818. The number of aliphatic hydroxyl groups is 1. The Morgan fingerprint density at radius 1 is 1.17 bits per heavy atom. The third kappa shape index (κ3) is 2.98. The van der Waals surface area contributed by atoms with Crippen LogP contribution in [0.2, 0.25) is 0 Å². The quantitative estimate of drug-likeness (QED) is 0.551. The fourth-order valence-corrected chi connectivity index (χ4v) is 1.87. The molecule has 1 saturated carbocycles. The minimum absolute atomic E-state index is 0.0243. The summed E-state index contributed by atoms with van der Waals surface area (Å²) >= 11 is 0. The van der Waals surface area contributed by atoms with E-state index in [0.717, 1.165) is 12.8 Å². The molecular formula is C11H20O. The van der Waals surface area contributed by atoms with Crippen LogP contribution >= 0.6 is 0 Å². The van der Waals surface area contributed by atoms with Gasteiger partial charge in [-0.2, -0.15) is 0 Å². The van der Waals surface area contributed by atoms with Gasteiger partial charge in [0.25, 0.3) is 0 Å². The van der Waals surface area contributed by atoms with Crippen molar-refractivity contribution < 1.29 is 5.11 Å². The van der Waals surface area contributed by atoms with Gasteiger partial charge in [0.15, 0.2) is 0 Å². The smallest absolute Gasteiger partial charge is 0.0540 e. The first kappa shape index (κ1) is 9.79. The minimum Gasteiger partial charge on any atom is -0.393 e. The van der Waals surface area contributed by atoms with E-state index in [1.54, 1.807) is 5.57 Å². The first-order valence-electron chi connectivity index (χ1n) is 5.03. The van der Waals surface area contributed by atoms with Crippen molar-refractivity contribution >= 4 is 0 Å². The molecule has 70 valence electrons. The predicted octanol–water partition coefficient (Wildman–Crippen LogP) is 3.04. The van der Waals surface area contributed by atoms with E-state index in [1.165, 1.54) is 31.3 Å². The Bertz CT molecular complexity index is 154. The van der Waals surface area contributed by atoms with Gasteiger partial charge in [0.2, 0.25) is 0 Å². The second-order valence-electron chi connectivity index (χ2n) is 4.04. The molecule has 0 amide bonds. The predicted molar refractivity (Wildman–Crippen MR) is 52.1 cm³/mol. The van der Waals surface area contributed by atoms with Crippen LogP contribution in [-0.2, 0) is 0 Å². The Morgan fingerprint density at radius 2 is 1.67 bits per heavy atom. The summed E-state index contributed by atoms with van der Waals surface area (Å²) in [6.45, 7) is 4.40. The topological polar surface area (TPSA) is 20.2 Å². The van der Waals surface area contributed by atoms with Crippen molar-refractivity contribution in [3.8, 4) is 0 Å². The Kier molecular flexibility index (Phi) is 3.80. The minimum atomic E-state index is -0.0243. The largest absolute Gasteiger partial charge is 0.393 e. The highest BCUT2D eigenvalue weighted by atomic mass is 16.3. The molecule has 0 aromatic carbocycles. The van der Waals surface area contributed by atoms with Crippen molar-refractivity contribution in [1.29, 1.82) is 0 Å². The van der Waals surface area contributed by atoms with Crippen molar-refractivity contribution in [3.63, 3.8) is 0 Å². The molecule has 0 spiro atoms. The maximum Gasteiger partial charge on any atom is 0.0540 e. The Hall–Kier alpha value is -0.300. The van der Waals surface area contributed by atoms with Gasteiger partial charge in [-0.15, -0.1) is 0 Å². The molecule has 1 nitrogen and oxygen atoms in total. The molecule has 0 heterocycles. The average molecular weight is 168 g/mol. The Labute approximate surface area is 75.5 Å². The Balaban J connectivity index is 2.46. The van der Waals surface area contributed by atoms with Gasteiger partial charge in [0.05, 0.1) is 6.10 Å². The molecule has 0 aliphatic heterocycles. The van der Waals surface area contributed by atoms with E-state index >= 15 is 0 Å². The molecule has 0 aromatic heterocycles. The summed E-state index contributed by atoms with van der Waals surface area (Å²) < 4.78 is 0. The van der Waals surface area contributed by atoms with Gasteiger partial charge < -0.3 is 5.11 Å². The SMILES string of the molecule is CC(C)=C1CCCC(O)CCC1. The van der Waals surface area contributed by atoms with Gasteiger partial charge in [0, 0.05) is 0 Å². The van der Waals surface area contributed by atoms with Crippen molar-refractivity contribution in [1.82, 2.24) is 0 Å². The van der Waals surface area contributed by atoms with Crippen LogP contribution in [0.15, 0.2) is 11.1 Å². The highest BCUT2D eigenvalue weighted by Gasteiger charge is 2.10. The summed E-state index contributed by atoms with van der Waals surface area (Å²) in [6, 6.07) is 0. The van der Waals surface area contributed by atoms with E-state index in [4.69, 9.17) is 0 Å². The lowest BCUT2D eigenvalue weighted by molar-refractivity contribution is 0.146. The monoisotopic (exact) mass is 168 g/mol. The molecule has 0 aromatic rings. The van der Waals surface area contributed by atoms with Gasteiger partial charge in [-0.1, -0.05) is 11.1 Å². The van der Waals surface area contributed by atoms with E-state index in [-0.39, 0.29) is 6.10 Å². The van der Waals surface area contributed by atoms with Gasteiger partial charge in [-0.25, -0.2) is 0 Å². The molecule has 0 radical (unpaired) electrons. The lowest BCUT2D eigenvalue weighted by atomic mass is 9.92. The second kappa shape index (κ2) is 4.66. The lowest BCUT2D eigenvalue weighted by Gasteiger charge is -2.17. The molecule has 1 fully saturated rings. The highest BCUT2D eigenvalue weighted by molar-refractivity contribution is 5.10. The van der Waals surface area contributed by atoms with Crippen LogP contribution in [0.4, 0.5) is 0 Å². The van der Waals surface area contributed by atoms with Gasteiger partial charge in [-0.05, 0) is 52.4 Å². The maximum absolute atomic E-state index is 9.42. The zero-order valence-electron chi connectivity index (χ0n) is 8.27. The molecule has 0 unspecified atom stereocenters. The third-order valence-corrected chi connectivity index (χ3v) is 2.74. The lowest BCUT2D eigenvalue weighted by Crippen LogP contribution is -2.09. The van der Waals surface area contributed by atoms with Crippen molar-refractivity contribution in [3.05, 3.63) is 11.1 Å². The molecule has 1 aliphatic rings. The number of aliphatic hydroxyl groups excluding tert-OH is 1. The molecule has 12 heavy (non-hydrogen) atoms. The van der Waals surface area contributed by atoms with Crippen LogP contribution in [0.3, 0.4) is 0 Å². The van der Waals surface area contributed by atoms with Crippen molar-refractivity contribution in [2.75, 3.05) is 0 Å². The average Bonchev–Trinajstić information content (AvgIpc) is 1.95. The second-order valence-corrected chi connectivity index (χ2v) is 4.04. The van der Waals surface area contributed by atoms with Crippen LogP contribution in [-0.4, -0.2) is 11.2 Å². The van der Waals surface area contributed by atoms with E-state index < -0.39 is 0 Å². The maximum atomic E-state index is 9.42. The summed E-state index contributed by atoms with van der Waals surface area (Å²) in [5.74, 6) is 0. The van der Waals surface area contributed by atoms with Gasteiger partial charge in [-0.3, -0.25) is 0 Å². The molecular weight excluding hydrogens is 148 g/mol. The molecule has 1 N–H and O–H groups in total. The molecule has 0 bridgehead atoms. The van der Waals surface area contributed by atoms with Crippen LogP contribution in [0, 0.1) is 0 Å². The van der Waals surface area contributed by atoms with Crippen molar-refractivity contribution in [2.45, 2.75) is 58.5 Å². The van der Waals surface area contributed by atoms with E-state index in [0.29, 0.717) is 0 Å². The third-order valence-electron chi connectivity index (χ3n) is 2.74. The van der Waals surface area contributed by atoms with E-state index in [1.807, 2.05) is 0 Å². The molecule has 0 saturated heterocycles. The molecule has 1 rings (SSSR count). The molecule has 0 atom stereocenters. The first-order valence-corrected chi connectivity index (χ1v) is 5.03. The van der Waals surface area contributed by atoms with Crippen LogP contribution < -0.4 is 0 Å². The molecule has 1 heteroatoms. The van der Waals surface area contributed by atoms with Crippen LogP contribution in [0.5, 0.6) is 0 Å². The molecule has 1 aliphatic carbocycles. The number of rotatable bonds is 0. The zero-order valence-corrected chi connectivity index (χ0v) is 8.27. The first-order chi connectivity index (χ1) is 5.70. The number of hydrogen-bond acceptors (Lipinski definition) is 1. The van der Waals surface area contributed by atoms with Crippen LogP contribution in [0.25, 0.3) is 0 Å². The zero-order chi connectivity index (χ0) is 8.97. The standard InChI is InChI=1S/C11H20O/c1-9(2)10-5-3-7-11(12)8-4-6-10/h11-12H,3-8H2,1-2H3. The van der Waals surface area contributed by atoms with E-state index in [9.17, 15) is 5.11 Å². The van der Waals surface area contributed by atoms with Gasteiger partial charge in [0.1, 0.15) is 0 Å². The summed E-state index contributed by atoms with van der Waals surface area (Å²) in [5, 5.41) is 9.42.